The molecule has 0 unspecified atom stereocenters. The van der Waals surface area contributed by atoms with Gasteiger partial charge >= 0.3 is 12.1 Å². The summed E-state index contributed by atoms with van der Waals surface area (Å²) in [5, 5.41) is 4.67. The van der Waals surface area contributed by atoms with Crippen LogP contribution in [0.5, 0.6) is 0 Å². The minimum Gasteiger partial charge on any atom is -0.456 e. The Hall–Kier alpha value is -3.69. The summed E-state index contributed by atoms with van der Waals surface area (Å²) in [6.45, 7) is 0.650. The lowest BCUT2D eigenvalue weighted by Crippen LogP contribution is -2.22. The molecular weight excluding hydrogens is 429 g/mol. The van der Waals surface area contributed by atoms with Gasteiger partial charge in [-0.15, -0.1) is 0 Å². The van der Waals surface area contributed by atoms with Crippen LogP contribution in [0.25, 0.3) is 0 Å². The average molecular weight is 450 g/mol. The number of para-hydroxylation sites is 1. The van der Waals surface area contributed by atoms with Gasteiger partial charge < -0.3 is 15.4 Å². The molecule has 170 valence electrons. The van der Waals surface area contributed by atoms with Crippen molar-refractivity contribution in [1.29, 1.82) is 0 Å². The fourth-order valence-electron chi connectivity index (χ4n) is 2.68. The molecule has 0 aliphatic carbocycles. The molecule has 0 aromatic heterocycles. The van der Waals surface area contributed by atoms with Crippen molar-refractivity contribution in [2.24, 2.45) is 0 Å². The van der Waals surface area contributed by atoms with Gasteiger partial charge in [0.15, 0.2) is 12.4 Å². The first-order chi connectivity index (χ1) is 15.1. The zero-order valence-corrected chi connectivity index (χ0v) is 17.1. The van der Waals surface area contributed by atoms with Crippen LogP contribution in [-0.4, -0.2) is 30.2 Å². The highest BCUT2D eigenvalue weighted by Crippen LogP contribution is 2.34. The summed E-state index contributed by atoms with van der Waals surface area (Å²) in [5.41, 5.74) is -0.560. The molecule has 0 radical (unpaired) electrons. The van der Waals surface area contributed by atoms with Gasteiger partial charge in [0.05, 0.1) is 11.3 Å². The molecule has 0 saturated heterocycles. The van der Waals surface area contributed by atoms with E-state index in [9.17, 15) is 32.3 Å². The van der Waals surface area contributed by atoms with Gasteiger partial charge in [-0.2, -0.15) is 13.2 Å². The normalized spacial score (nSPS) is 10.9. The Kier molecular flexibility index (Phi) is 8.51. The molecule has 0 spiro atoms. The van der Waals surface area contributed by atoms with Gasteiger partial charge in [-0.1, -0.05) is 24.3 Å². The number of hydrogen-bond acceptors (Lipinski definition) is 5. The van der Waals surface area contributed by atoms with Crippen LogP contribution in [0.4, 0.5) is 24.5 Å². The third kappa shape index (κ3) is 7.86. The zero-order valence-electron chi connectivity index (χ0n) is 17.1. The topological polar surface area (TPSA) is 102 Å². The van der Waals surface area contributed by atoms with Gasteiger partial charge in [0.1, 0.15) is 0 Å². The van der Waals surface area contributed by atoms with Gasteiger partial charge in [-0.25, -0.2) is 0 Å². The van der Waals surface area contributed by atoms with Crippen molar-refractivity contribution in [3.63, 3.8) is 0 Å². The second-order valence-corrected chi connectivity index (χ2v) is 6.79. The van der Waals surface area contributed by atoms with E-state index in [4.69, 9.17) is 4.74 Å². The number of ether oxygens (including phenoxy) is 1. The highest BCUT2D eigenvalue weighted by Gasteiger charge is 2.33. The minimum atomic E-state index is -4.64. The average Bonchev–Trinajstić information content (AvgIpc) is 2.72. The Bertz CT molecular complexity index is 1010. The minimum absolute atomic E-state index is 0.00937. The molecule has 2 N–H and O–H groups in total. The zero-order chi connectivity index (χ0) is 23.7. The van der Waals surface area contributed by atoms with Crippen molar-refractivity contribution in [2.75, 3.05) is 17.2 Å². The van der Waals surface area contributed by atoms with Crippen LogP contribution in [0.3, 0.4) is 0 Å². The number of esters is 1. The number of amides is 2. The molecule has 0 fully saturated rings. The van der Waals surface area contributed by atoms with Crippen LogP contribution in [0.15, 0.2) is 48.5 Å². The van der Waals surface area contributed by atoms with E-state index in [0.29, 0.717) is 11.3 Å². The van der Waals surface area contributed by atoms with Crippen molar-refractivity contribution in [3.05, 3.63) is 59.7 Å². The summed E-state index contributed by atoms with van der Waals surface area (Å²) >= 11 is 0. The van der Waals surface area contributed by atoms with Gasteiger partial charge in [0.25, 0.3) is 5.91 Å². The lowest BCUT2D eigenvalue weighted by Gasteiger charge is -2.13. The number of rotatable bonds is 9. The van der Waals surface area contributed by atoms with Crippen LogP contribution in [0.2, 0.25) is 0 Å². The van der Waals surface area contributed by atoms with Crippen LogP contribution >= 0.6 is 0 Å². The van der Waals surface area contributed by atoms with Crippen molar-refractivity contribution >= 4 is 34.9 Å². The number of halogens is 3. The highest BCUT2D eigenvalue weighted by atomic mass is 19.4. The second-order valence-electron chi connectivity index (χ2n) is 6.79. The van der Waals surface area contributed by atoms with E-state index >= 15 is 0 Å². The van der Waals surface area contributed by atoms with Gasteiger partial charge in [0, 0.05) is 24.1 Å². The first kappa shape index (κ1) is 24.6. The van der Waals surface area contributed by atoms with E-state index in [2.05, 4.69) is 10.6 Å². The number of alkyl halides is 3. The van der Waals surface area contributed by atoms with E-state index in [1.54, 1.807) is 18.2 Å². The molecule has 0 bridgehead atoms. The molecule has 2 amide bonds. The maximum Gasteiger partial charge on any atom is 0.418 e. The molecule has 0 heterocycles. The summed E-state index contributed by atoms with van der Waals surface area (Å²) in [6, 6.07) is 10.8. The SMILES string of the molecule is CC(=O)c1cccc(NC(=O)CCCC(=O)OCC(=O)Nc2ccccc2C(F)(F)F)c1. The summed E-state index contributed by atoms with van der Waals surface area (Å²) in [5.74, 6) is -2.21. The monoisotopic (exact) mass is 450 g/mol. The van der Waals surface area contributed by atoms with Crippen molar-refractivity contribution in [2.45, 2.75) is 32.4 Å². The van der Waals surface area contributed by atoms with Crippen molar-refractivity contribution in [3.8, 4) is 0 Å². The third-order valence-electron chi connectivity index (χ3n) is 4.21. The number of nitrogens with one attached hydrogen (secondary N) is 2. The molecule has 2 aromatic rings. The van der Waals surface area contributed by atoms with Gasteiger partial charge in [-0.05, 0) is 37.6 Å². The Morgan fingerprint density at radius 2 is 1.62 bits per heavy atom. The molecule has 0 aliphatic heterocycles. The van der Waals surface area contributed by atoms with Crippen LogP contribution in [0.1, 0.15) is 42.1 Å². The molecule has 0 aliphatic rings. The Morgan fingerprint density at radius 1 is 0.906 bits per heavy atom. The second kappa shape index (κ2) is 11.1. The number of Topliss-reactive ketones (excluding diaryl/α,β-unsaturated/α-hetero) is 1. The first-order valence-electron chi connectivity index (χ1n) is 9.59. The molecule has 0 atom stereocenters. The van der Waals surface area contributed by atoms with Crippen molar-refractivity contribution in [1.82, 2.24) is 0 Å². The predicted octanol–water partition coefficient (Wildman–Crippen LogP) is 4.20. The number of benzene rings is 2. The van der Waals surface area contributed by atoms with Crippen LogP contribution < -0.4 is 10.6 Å². The van der Waals surface area contributed by atoms with Gasteiger partial charge in [0.2, 0.25) is 5.91 Å². The molecule has 2 aromatic carbocycles. The Labute approximate surface area is 181 Å². The molecule has 2 rings (SSSR count). The van der Waals surface area contributed by atoms with E-state index in [1.165, 1.54) is 25.1 Å². The van der Waals surface area contributed by atoms with Gasteiger partial charge in [-0.3, -0.25) is 19.2 Å². The lowest BCUT2D eigenvalue weighted by molar-refractivity contribution is -0.147. The summed E-state index contributed by atoms with van der Waals surface area (Å²) < 4.78 is 43.5. The predicted molar refractivity (Wildman–Crippen MR) is 110 cm³/mol. The molecule has 32 heavy (non-hydrogen) atoms. The van der Waals surface area contributed by atoms with E-state index in [-0.39, 0.29) is 31.0 Å². The number of anilines is 2. The fraction of sp³-hybridized carbons (Fsp3) is 0.273. The quantitative estimate of drug-likeness (QED) is 0.441. The molecule has 0 saturated carbocycles. The Balaban J connectivity index is 1.72. The number of hydrogen-bond donors (Lipinski definition) is 2. The third-order valence-corrected chi connectivity index (χ3v) is 4.21. The smallest absolute Gasteiger partial charge is 0.418 e. The summed E-state index contributed by atoms with van der Waals surface area (Å²) in [7, 11) is 0. The maximum absolute atomic E-state index is 12.9. The number of carbonyl (C=O) groups excluding carboxylic acids is 4. The fourth-order valence-corrected chi connectivity index (χ4v) is 2.68. The van der Waals surface area contributed by atoms with E-state index in [1.807, 2.05) is 0 Å². The Morgan fingerprint density at radius 3 is 2.31 bits per heavy atom. The molecule has 7 nitrogen and oxygen atoms in total. The lowest BCUT2D eigenvalue weighted by atomic mass is 10.1. The number of ketones is 1. The molecule has 10 heteroatoms. The van der Waals surface area contributed by atoms with E-state index < -0.39 is 35.9 Å². The first-order valence-corrected chi connectivity index (χ1v) is 9.59. The van der Waals surface area contributed by atoms with Crippen molar-refractivity contribution < 1.29 is 37.1 Å². The van der Waals surface area contributed by atoms with Crippen LogP contribution in [-0.2, 0) is 25.3 Å². The highest BCUT2D eigenvalue weighted by molar-refractivity contribution is 5.97. The summed E-state index contributed by atoms with van der Waals surface area (Å²) in [6.07, 6.45) is -4.68. The standard InChI is InChI=1S/C22H21F3N2O5/c1-14(28)15-6-4-7-16(12-15)26-19(29)10-5-11-21(31)32-13-20(30)27-18-9-3-2-8-17(18)22(23,24)25/h2-4,6-9,12H,5,10-11,13H2,1H3,(H,26,29)(H,27,30). The number of carbonyl (C=O) groups is 4. The summed E-state index contributed by atoms with van der Waals surface area (Å²) in [4.78, 5) is 46.9. The molecular formula is C22H21F3N2O5. The van der Waals surface area contributed by atoms with E-state index in [0.717, 1.165) is 12.1 Å². The maximum atomic E-state index is 12.9. The van der Waals surface area contributed by atoms with Crippen LogP contribution in [0, 0.1) is 0 Å². The largest absolute Gasteiger partial charge is 0.456 e.